The van der Waals surface area contributed by atoms with Gasteiger partial charge in [0.25, 0.3) is 5.91 Å². The number of nitrogens with one attached hydrogen (secondary N) is 2. The number of aromatic nitrogens is 1. The number of ether oxygens (including phenoxy) is 3. The lowest BCUT2D eigenvalue weighted by Gasteiger charge is -2.24. The molecular formula is C36H39N5O6. The minimum atomic E-state index is -0.580. The van der Waals surface area contributed by atoms with Crippen LogP contribution >= 0.6 is 0 Å². The second-order valence-electron chi connectivity index (χ2n) is 12.9. The Morgan fingerprint density at radius 1 is 1.02 bits per heavy atom. The molecule has 1 atom stereocenters. The Hall–Kier alpha value is -5.08. The van der Waals surface area contributed by atoms with Gasteiger partial charge in [0.1, 0.15) is 28.7 Å². The van der Waals surface area contributed by atoms with Gasteiger partial charge in [0.15, 0.2) is 5.58 Å². The Bertz CT molecular complexity index is 1830. The Balaban J connectivity index is 1.20. The van der Waals surface area contributed by atoms with E-state index in [4.69, 9.17) is 18.6 Å². The molecular weight excluding hydrogens is 598 g/mol. The molecule has 0 radical (unpaired) electrons. The Morgan fingerprint density at radius 3 is 2.57 bits per heavy atom. The standard InChI is InChI=1S/C36H39N5O6/c1-36(2,3)47-35(43)41-14-10-26(21-41)40-34(42)23-5-7-28(31(18-23)44-4)32-19-30-33(46-32)27(9-13-38-30)22-6-8-29(24(17-22)20-37)39-25-11-15-45-16-12-25/h5-9,13,17-19,25-26,39H,10-12,14-16,21H2,1-4H3,(H,40,42). The van der Waals surface area contributed by atoms with Gasteiger partial charge in [-0.15, -0.1) is 0 Å². The highest BCUT2D eigenvalue weighted by Crippen LogP contribution is 2.38. The first-order valence-corrected chi connectivity index (χ1v) is 15.9. The number of hydrogen-bond acceptors (Lipinski definition) is 9. The maximum absolute atomic E-state index is 13.2. The van der Waals surface area contributed by atoms with E-state index in [1.807, 2.05) is 51.1 Å². The summed E-state index contributed by atoms with van der Waals surface area (Å²) in [5, 5.41) is 16.5. The number of benzene rings is 2. The third-order valence-electron chi connectivity index (χ3n) is 8.35. The molecule has 11 nitrogen and oxygen atoms in total. The molecule has 2 aliphatic heterocycles. The van der Waals surface area contributed by atoms with Crippen LogP contribution in [0.2, 0.25) is 0 Å². The first kappa shape index (κ1) is 31.9. The van der Waals surface area contributed by atoms with E-state index in [9.17, 15) is 14.9 Å². The van der Waals surface area contributed by atoms with E-state index in [0.717, 1.165) is 29.7 Å². The number of rotatable bonds is 7. The van der Waals surface area contributed by atoms with E-state index in [1.54, 1.807) is 36.4 Å². The zero-order valence-corrected chi connectivity index (χ0v) is 27.1. The maximum atomic E-state index is 13.2. The number of fused-ring (bicyclic) bond motifs is 1. The number of furan rings is 1. The SMILES string of the molecule is COc1cc(C(=O)NC2CCN(C(=O)OC(C)(C)C)C2)ccc1-c1cc2nccc(-c3ccc(NC4CCOCC4)c(C#N)c3)c2o1. The normalized spacial score (nSPS) is 16.9. The minimum absolute atomic E-state index is 0.186. The second kappa shape index (κ2) is 13.3. The molecule has 0 saturated carbocycles. The van der Waals surface area contributed by atoms with Gasteiger partial charge < -0.3 is 34.2 Å². The highest BCUT2D eigenvalue weighted by Gasteiger charge is 2.31. The number of carbonyl (C=O) groups excluding carboxylic acids is 2. The summed E-state index contributed by atoms with van der Waals surface area (Å²) in [6.45, 7) is 7.81. The van der Waals surface area contributed by atoms with Gasteiger partial charge in [-0.25, -0.2) is 4.79 Å². The van der Waals surface area contributed by atoms with E-state index >= 15 is 0 Å². The topological polar surface area (TPSA) is 139 Å². The third-order valence-corrected chi connectivity index (χ3v) is 8.35. The minimum Gasteiger partial charge on any atom is -0.496 e. The zero-order valence-electron chi connectivity index (χ0n) is 27.1. The van der Waals surface area contributed by atoms with Gasteiger partial charge in [-0.05, 0) is 82.0 Å². The van der Waals surface area contributed by atoms with Crippen molar-refractivity contribution in [2.75, 3.05) is 38.7 Å². The van der Waals surface area contributed by atoms with Gasteiger partial charge in [0.2, 0.25) is 0 Å². The molecule has 1 unspecified atom stereocenters. The molecule has 47 heavy (non-hydrogen) atoms. The summed E-state index contributed by atoms with van der Waals surface area (Å²) in [6, 6.07) is 17.1. The number of carbonyl (C=O) groups is 2. The van der Waals surface area contributed by atoms with Crippen LogP contribution in [-0.4, -0.2) is 73.0 Å². The predicted octanol–water partition coefficient (Wildman–Crippen LogP) is 6.37. The van der Waals surface area contributed by atoms with Gasteiger partial charge in [-0.1, -0.05) is 6.07 Å². The summed E-state index contributed by atoms with van der Waals surface area (Å²) in [5.74, 6) is 0.740. The average Bonchev–Trinajstić information content (AvgIpc) is 3.72. The molecule has 0 aliphatic carbocycles. The van der Waals surface area contributed by atoms with E-state index in [0.29, 0.717) is 72.0 Å². The van der Waals surface area contributed by atoms with E-state index < -0.39 is 5.60 Å². The Morgan fingerprint density at radius 2 is 1.83 bits per heavy atom. The molecule has 2 aliphatic rings. The molecule has 11 heteroatoms. The van der Waals surface area contributed by atoms with Crippen molar-refractivity contribution in [2.45, 2.75) is 57.7 Å². The number of nitrogens with zero attached hydrogens (tertiary/aromatic N) is 3. The summed E-state index contributed by atoms with van der Waals surface area (Å²) in [6.07, 6.45) is 3.77. The molecule has 2 aromatic carbocycles. The van der Waals surface area contributed by atoms with Gasteiger partial charge in [0, 0.05) is 61.8 Å². The van der Waals surface area contributed by atoms with Crippen molar-refractivity contribution in [3.05, 3.63) is 65.9 Å². The number of anilines is 1. The van der Waals surface area contributed by atoms with Crippen molar-refractivity contribution in [3.63, 3.8) is 0 Å². The molecule has 2 fully saturated rings. The molecule has 2 amide bonds. The number of likely N-dealkylation sites (tertiary alicyclic amines) is 1. The molecule has 4 aromatic rings. The molecule has 2 aromatic heterocycles. The Kier molecular flexibility index (Phi) is 9.05. The molecule has 6 rings (SSSR count). The predicted molar refractivity (Wildman–Crippen MR) is 177 cm³/mol. The van der Waals surface area contributed by atoms with E-state index in [2.05, 4.69) is 21.7 Å². The van der Waals surface area contributed by atoms with Crippen molar-refractivity contribution < 1.29 is 28.2 Å². The molecule has 0 spiro atoms. The fourth-order valence-electron chi connectivity index (χ4n) is 5.97. The summed E-state index contributed by atoms with van der Waals surface area (Å²) >= 11 is 0. The van der Waals surface area contributed by atoms with Crippen LogP contribution in [0, 0.1) is 11.3 Å². The highest BCUT2D eigenvalue weighted by molar-refractivity contribution is 5.97. The largest absolute Gasteiger partial charge is 0.496 e. The fourth-order valence-corrected chi connectivity index (χ4v) is 5.97. The van der Waals surface area contributed by atoms with Gasteiger partial charge in [0.05, 0.1) is 23.9 Å². The zero-order chi connectivity index (χ0) is 33.1. The lowest BCUT2D eigenvalue weighted by atomic mass is 10.0. The lowest BCUT2D eigenvalue weighted by molar-refractivity contribution is 0.0290. The summed E-state index contributed by atoms with van der Waals surface area (Å²) < 4.78 is 23.0. The number of nitriles is 1. The molecule has 2 N–H and O–H groups in total. The van der Waals surface area contributed by atoms with Crippen molar-refractivity contribution >= 4 is 28.8 Å². The van der Waals surface area contributed by atoms with Crippen molar-refractivity contribution in [1.29, 1.82) is 5.26 Å². The van der Waals surface area contributed by atoms with E-state index in [1.165, 1.54) is 0 Å². The maximum Gasteiger partial charge on any atom is 0.410 e. The summed E-state index contributed by atoms with van der Waals surface area (Å²) in [4.78, 5) is 31.8. The molecule has 0 bridgehead atoms. The number of amides is 2. The van der Waals surface area contributed by atoms with Crippen molar-refractivity contribution in [1.82, 2.24) is 15.2 Å². The molecule has 244 valence electrons. The number of methoxy groups -OCH3 is 1. The summed E-state index contributed by atoms with van der Waals surface area (Å²) in [7, 11) is 1.54. The molecule has 4 heterocycles. The smallest absolute Gasteiger partial charge is 0.410 e. The van der Waals surface area contributed by atoms with Crippen LogP contribution in [0.4, 0.5) is 10.5 Å². The van der Waals surface area contributed by atoms with Crippen LogP contribution < -0.4 is 15.4 Å². The van der Waals surface area contributed by atoms with Crippen LogP contribution in [0.5, 0.6) is 5.75 Å². The van der Waals surface area contributed by atoms with Crippen LogP contribution in [0.15, 0.2) is 59.1 Å². The highest BCUT2D eigenvalue weighted by atomic mass is 16.6. The summed E-state index contributed by atoms with van der Waals surface area (Å²) in [5.41, 5.74) is 4.74. The first-order valence-electron chi connectivity index (χ1n) is 15.9. The fraction of sp³-hybridized carbons (Fsp3) is 0.389. The van der Waals surface area contributed by atoms with Crippen molar-refractivity contribution in [3.8, 4) is 34.3 Å². The quantitative estimate of drug-likeness (QED) is 0.237. The van der Waals surface area contributed by atoms with Crippen LogP contribution in [0.3, 0.4) is 0 Å². The van der Waals surface area contributed by atoms with E-state index in [-0.39, 0.29) is 24.1 Å². The lowest BCUT2D eigenvalue weighted by Crippen LogP contribution is -2.40. The Labute approximate surface area is 273 Å². The number of pyridine rings is 1. The monoisotopic (exact) mass is 637 g/mol. The van der Waals surface area contributed by atoms with Crippen molar-refractivity contribution in [2.24, 2.45) is 0 Å². The second-order valence-corrected chi connectivity index (χ2v) is 12.9. The third kappa shape index (κ3) is 7.18. The van der Waals surface area contributed by atoms with Crippen LogP contribution in [-0.2, 0) is 9.47 Å². The van der Waals surface area contributed by atoms with Gasteiger partial charge in [-0.3, -0.25) is 9.78 Å². The first-order chi connectivity index (χ1) is 22.6. The van der Waals surface area contributed by atoms with Gasteiger partial charge >= 0.3 is 6.09 Å². The van der Waals surface area contributed by atoms with Gasteiger partial charge in [-0.2, -0.15) is 5.26 Å². The van der Waals surface area contributed by atoms with Crippen LogP contribution in [0.1, 0.15) is 56.0 Å². The number of hydrogen-bond donors (Lipinski definition) is 2. The average molecular weight is 638 g/mol. The van der Waals surface area contributed by atoms with Crippen LogP contribution in [0.25, 0.3) is 33.6 Å². The molecule has 2 saturated heterocycles.